The number of rotatable bonds is 7. The summed E-state index contributed by atoms with van der Waals surface area (Å²) in [4.78, 5) is 0. The largest absolute Gasteiger partial charge is 0.382 e. The van der Waals surface area contributed by atoms with Gasteiger partial charge < -0.3 is 4.74 Å². The molecule has 0 unspecified atom stereocenters. The summed E-state index contributed by atoms with van der Waals surface area (Å²) < 4.78 is 5.25. The van der Waals surface area contributed by atoms with Gasteiger partial charge in [-0.05, 0) is 25.3 Å². The van der Waals surface area contributed by atoms with Gasteiger partial charge in [0.1, 0.15) is 0 Å². The summed E-state index contributed by atoms with van der Waals surface area (Å²) in [7, 11) is 1.76. The van der Waals surface area contributed by atoms with E-state index in [1.165, 1.54) is 18.4 Å². The molecule has 2 atom stereocenters. The first-order chi connectivity index (χ1) is 9.79. The molecule has 0 bridgehead atoms. The van der Waals surface area contributed by atoms with Crippen LogP contribution in [0.3, 0.4) is 0 Å². The smallest absolute Gasteiger partial charge is 0.0704 e. The van der Waals surface area contributed by atoms with Crippen molar-refractivity contribution < 1.29 is 4.74 Å². The van der Waals surface area contributed by atoms with Gasteiger partial charge >= 0.3 is 0 Å². The summed E-state index contributed by atoms with van der Waals surface area (Å²) in [6.07, 6.45) is 4.48. The van der Waals surface area contributed by atoms with Crippen molar-refractivity contribution in [3.05, 3.63) is 35.9 Å². The molecule has 0 spiro atoms. The summed E-state index contributed by atoms with van der Waals surface area (Å²) in [6.45, 7) is 4.04. The highest BCUT2D eigenvalue weighted by Gasteiger charge is 2.22. The number of methoxy groups -OCH3 is 1. The highest BCUT2D eigenvalue weighted by atomic mass is 32.2. The number of ether oxygens (including phenoxy) is 1. The number of nitrogens with zero attached hydrogens (tertiary/aromatic N) is 2. The van der Waals surface area contributed by atoms with Crippen LogP contribution in [0.25, 0.3) is 0 Å². The lowest BCUT2D eigenvalue weighted by atomic mass is 10.2. The third-order valence-corrected chi connectivity index (χ3v) is 4.63. The summed E-state index contributed by atoms with van der Waals surface area (Å²) in [5.41, 5.74) is 1.37. The molecule has 1 aliphatic rings. The first kappa shape index (κ1) is 15.4. The molecular weight excluding hydrogens is 268 g/mol. The lowest BCUT2D eigenvalue weighted by Gasteiger charge is -2.20. The molecule has 0 saturated carbocycles. The van der Waals surface area contributed by atoms with E-state index in [0.717, 1.165) is 18.9 Å². The number of benzene rings is 1. The lowest BCUT2D eigenvalue weighted by Crippen LogP contribution is -2.28. The fourth-order valence-electron chi connectivity index (χ4n) is 2.36. The van der Waals surface area contributed by atoms with Gasteiger partial charge in [0.05, 0.1) is 12.6 Å². The van der Waals surface area contributed by atoms with Crippen molar-refractivity contribution in [2.24, 2.45) is 5.10 Å². The minimum Gasteiger partial charge on any atom is -0.382 e. The molecule has 3 nitrogen and oxygen atoms in total. The minimum absolute atomic E-state index is 0.430. The zero-order chi connectivity index (χ0) is 14.2. The number of thioether (sulfide) groups is 1. The van der Waals surface area contributed by atoms with Crippen LogP contribution in [-0.4, -0.2) is 42.8 Å². The van der Waals surface area contributed by atoms with Crippen molar-refractivity contribution in [3.63, 3.8) is 0 Å². The fourth-order valence-corrected chi connectivity index (χ4v) is 3.15. The molecule has 0 aliphatic carbocycles. The van der Waals surface area contributed by atoms with Crippen LogP contribution in [0.1, 0.15) is 25.3 Å². The van der Waals surface area contributed by atoms with Gasteiger partial charge in [-0.3, -0.25) is 5.01 Å². The molecule has 0 amide bonds. The SMILES string of the molecule is COC[C@@H]1CCCN1/N=C/[C@H](C)SCc1ccccc1. The zero-order valence-corrected chi connectivity index (χ0v) is 13.2. The maximum absolute atomic E-state index is 5.25. The van der Waals surface area contributed by atoms with Crippen molar-refractivity contribution in [3.8, 4) is 0 Å². The first-order valence-electron chi connectivity index (χ1n) is 7.25. The third-order valence-electron chi connectivity index (χ3n) is 3.49. The second kappa shape index (κ2) is 8.32. The Kier molecular flexibility index (Phi) is 6.40. The highest BCUT2D eigenvalue weighted by molar-refractivity contribution is 7.99. The Bertz CT molecular complexity index is 410. The second-order valence-electron chi connectivity index (χ2n) is 5.18. The summed E-state index contributed by atoms with van der Waals surface area (Å²) in [6, 6.07) is 11.0. The van der Waals surface area contributed by atoms with Crippen LogP contribution >= 0.6 is 11.8 Å². The predicted octanol–water partition coefficient (Wildman–Crippen LogP) is 3.40. The second-order valence-corrected chi connectivity index (χ2v) is 6.55. The molecule has 1 saturated heterocycles. The molecule has 1 heterocycles. The topological polar surface area (TPSA) is 24.8 Å². The molecule has 1 fully saturated rings. The van der Waals surface area contributed by atoms with Gasteiger partial charge in [-0.25, -0.2) is 0 Å². The van der Waals surface area contributed by atoms with E-state index in [-0.39, 0.29) is 0 Å². The van der Waals surface area contributed by atoms with Gasteiger partial charge in [0.15, 0.2) is 0 Å². The van der Waals surface area contributed by atoms with Gasteiger partial charge in [0.25, 0.3) is 0 Å². The Hall–Kier alpha value is -1.00. The van der Waals surface area contributed by atoms with E-state index in [9.17, 15) is 0 Å². The quantitative estimate of drug-likeness (QED) is 0.720. The molecule has 2 rings (SSSR count). The normalized spacial score (nSPS) is 20.7. The Labute approximate surface area is 126 Å². The van der Waals surface area contributed by atoms with Gasteiger partial charge in [-0.15, -0.1) is 11.8 Å². The molecule has 1 aromatic carbocycles. The average molecular weight is 292 g/mol. The van der Waals surface area contributed by atoms with Crippen LogP contribution in [0.15, 0.2) is 35.4 Å². The molecule has 0 radical (unpaired) electrons. The van der Waals surface area contributed by atoms with Crippen LogP contribution in [-0.2, 0) is 10.5 Å². The molecular formula is C16H24N2OS. The van der Waals surface area contributed by atoms with Crippen LogP contribution in [0.2, 0.25) is 0 Å². The lowest BCUT2D eigenvalue weighted by molar-refractivity contribution is 0.118. The molecule has 4 heteroatoms. The standard InChI is InChI=1S/C16H24N2OS/c1-14(20-13-15-7-4-3-5-8-15)11-17-18-10-6-9-16(18)12-19-2/h3-5,7-8,11,14,16H,6,9-10,12-13H2,1-2H3/b17-11+/t14-,16-/m0/s1. The van der Waals surface area contributed by atoms with E-state index in [2.05, 4.69) is 53.6 Å². The Balaban J connectivity index is 1.76. The van der Waals surface area contributed by atoms with E-state index in [1.807, 2.05) is 11.8 Å². The number of hydrogen-bond acceptors (Lipinski definition) is 4. The Morgan fingerprint density at radius 1 is 1.45 bits per heavy atom. The van der Waals surface area contributed by atoms with Crippen LogP contribution in [0, 0.1) is 0 Å². The van der Waals surface area contributed by atoms with E-state index in [0.29, 0.717) is 11.3 Å². The maximum Gasteiger partial charge on any atom is 0.0704 e. The van der Waals surface area contributed by atoms with Crippen molar-refractivity contribution in [1.82, 2.24) is 5.01 Å². The van der Waals surface area contributed by atoms with Crippen molar-refractivity contribution in [2.45, 2.75) is 36.8 Å². The van der Waals surface area contributed by atoms with Gasteiger partial charge in [0.2, 0.25) is 0 Å². The monoisotopic (exact) mass is 292 g/mol. The molecule has 1 aliphatic heterocycles. The van der Waals surface area contributed by atoms with Crippen molar-refractivity contribution in [2.75, 3.05) is 20.3 Å². The Morgan fingerprint density at radius 2 is 2.25 bits per heavy atom. The summed E-state index contributed by atoms with van der Waals surface area (Å²) >= 11 is 1.92. The molecule has 1 aromatic rings. The first-order valence-corrected chi connectivity index (χ1v) is 8.29. The van der Waals surface area contributed by atoms with E-state index in [1.54, 1.807) is 7.11 Å². The highest BCUT2D eigenvalue weighted by Crippen LogP contribution is 2.19. The average Bonchev–Trinajstić information content (AvgIpc) is 2.92. The summed E-state index contributed by atoms with van der Waals surface area (Å²) in [5, 5.41) is 7.26. The van der Waals surface area contributed by atoms with Crippen molar-refractivity contribution >= 4 is 18.0 Å². The molecule has 20 heavy (non-hydrogen) atoms. The van der Waals surface area contributed by atoms with E-state index < -0.39 is 0 Å². The van der Waals surface area contributed by atoms with Gasteiger partial charge in [0, 0.05) is 30.9 Å². The van der Waals surface area contributed by atoms with E-state index >= 15 is 0 Å². The molecule has 0 N–H and O–H groups in total. The predicted molar refractivity (Wildman–Crippen MR) is 87.3 cm³/mol. The maximum atomic E-state index is 5.25. The number of hydrazone groups is 1. The van der Waals surface area contributed by atoms with E-state index in [4.69, 9.17) is 4.74 Å². The van der Waals surface area contributed by atoms with Crippen molar-refractivity contribution in [1.29, 1.82) is 0 Å². The van der Waals surface area contributed by atoms with Crippen LogP contribution in [0.4, 0.5) is 0 Å². The Morgan fingerprint density at radius 3 is 3.00 bits per heavy atom. The van der Waals surface area contributed by atoms with Gasteiger partial charge in [-0.2, -0.15) is 5.10 Å². The molecule has 110 valence electrons. The zero-order valence-electron chi connectivity index (χ0n) is 12.4. The van der Waals surface area contributed by atoms with Crippen LogP contribution in [0.5, 0.6) is 0 Å². The van der Waals surface area contributed by atoms with Crippen LogP contribution < -0.4 is 0 Å². The number of hydrogen-bond donors (Lipinski definition) is 0. The molecule has 0 aromatic heterocycles. The fraction of sp³-hybridized carbons (Fsp3) is 0.562. The van der Waals surface area contributed by atoms with Gasteiger partial charge in [-0.1, -0.05) is 30.3 Å². The third kappa shape index (κ3) is 4.84. The summed E-state index contributed by atoms with van der Waals surface area (Å²) in [5.74, 6) is 1.04. The minimum atomic E-state index is 0.430.